The summed E-state index contributed by atoms with van der Waals surface area (Å²) in [4.78, 5) is 5.01. The lowest BCUT2D eigenvalue weighted by molar-refractivity contribution is -0.0211. The van der Waals surface area contributed by atoms with Crippen LogP contribution in [0.1, 0.15) is 19.8 Å². The lowest BCUT2D eigenvalue weighted by Crippen LogP contribution is -2.51. The van der Waals surface area contributed by atoms with Crippen LogP contribution in [-0.4, -0.2) is 74.9 Å². The zero-order valence-corrected chi connectivity index (χ0v) is 11.3. The van der Waals surface area contributed by atoms with Gasteiger partial charge in [0, 0.05) is 32.2 Å². The first-order chi connectivity index (χ1) is 8.27. The van der Waals surface area contributed by atoms with Gasteiger partial charge >= 0.3 is 0 Å². The van der Waals surface area contributed by atoms with Crippen molar-refractivity contribution in [2.24, 2.45) is 0 Å². The topological polar surface area (TPSA) is 27.7 Å². The summed E-state index contributed by atoms with van der Waals surface area (Å²) in [5, 5.41) is 3.41. The number of ether oxygens (including phenoxy) is 1. The molecule has 0 aromatic rings. The van der Waals surface area contributed by atoms with Gasteiger partial charge in [0.15, 0.2) is 0 Å². The highest BCUT2D eigenvalue weighted by molar-refractivity contribution is 4.80. The minimum absolute atomic E-state index is 0.354. The van der Waals surface area contributed by atoms with Crippen molar-refractivity contribution >= 4 is 0 Å². The largest absolute Gasteiger partial charge is 0.374 e. The van der Waals surface area contributed by atoms with Crippen molar-refractivity contribution in [2.75, 3.05) is 52.9 Å². The number of likely N-dealkylation sites (tertiary alicyclic amines) is 1. The number of rotatable bonds is 5. The summed E-state index contributed by atoms with van der Waals surface area (Å²) in [5.41, 5.74) is 0. The molecule has 2 unspecified atom stereocenters. The first kappa shape index (κ1) is 13.3. The zero-order valence-electron chi connectivity index (χ0n) is 11.3. The van der Waals surface area contributed by atoms with Crippen LogP contribution in [0.4, 0.5) is 0 Å². The molecule has 4 nitrogen and oxygen atoms in total. The Balaban J connectivity index is 1.68. The SMILES string of the molecule is CC(C1CNCCO1)N(C)CCN1CCCC1. The van der Waals surface area contributed by atoms with E-state index in [1.807, 2.05) is 0 Å². The molecule has 100 valence electrons. The molecule has 2 rings (SSSR count). The Morgan fingerprint density at radius 1 is 1.41 bits per heavy atom. The summed E-state index contributed by atoms with van der Waals surface area (Å²) >= 11 is 0. The first-order valence-electron chi connectivity index (χ1n) is 7.02. The smallest absolute Gasteiger partial charge is 0.0852 e. The van der Waals surface area contributed by atoms with Gasteiger partial charge in [-0.15, -0.1) is 0 Å². The molecule has 2 aliphatic heterocycles. The summed E-state index contributed by atoms with van der Waals surface area (Å²) in [6.45, 7) is 10.1. The Morgan fingerprint density at radius 3 is 2.82 bits per heavy atom. The predicted octanol–water partition coefficient (Wildman–Crippen LogP) is 0.391. The van der Waals surface area contributed by atoms with Crippen LogP contribution >= 0.6 is 0 Å². The van der Waals surface area contributed by atoms with Gasteiger partial charge in [-0.2, -0.15) is 0 Å². The zero-order chi connectivity index (χ0) is 12.1. The molecule has 0 bridgehead atoms. The Bertz CT molecular complexity index is 213. The van der Waals surface area contributed by atoms with E-state index in [0.29, 0.717) is 12.1 Å². The molecule has 4 heteroatoms. The summed E-state index contributed by atoms with van der Waals surface area (Å²) in [7, 11) is 2.22. The third-order valence-electron chi connectivity index (χ3n) is 4.16. The average Bonchev–Trinajstić information content (AvgIpc) is 2.89. The van der Waals surface area contributed by atoms with Crippen molar-refractivity contribution in [3.63, 3.8) is 0 Å². The van der Waals surface area contributed by atoms with Gasteiger partial charge in [-0.05, 0) is 39.9 Å². The standard InChI is InChI=1S/C13H27N3O/c1-12(13-11-14-5-10-17-13)15(2)8-9-16-6-3-4-7-16/h12-14H,3-11H2,1-2H3. The second kappa shape index (κ2) is 6.69. The summed E-state index contributed by atoms with van der Waals surface area (Å²) in [5.74, 6) is 0. The summed E-state index contributed by atoms with van der Waals surface area (Å²) in [6, 6.07) is 0.505. The van der Waals surface area contributed by atoms with Crippen molar-refractivity contribution in [3.05, 3.63) is 0 Å². The molecule has 0 saturated carbocycles. The van der Waals surface area contributed by atoms with Crippen molar-refractivity contribution < 1.29 is 4.74 Å². The van der Waals surface area contributed by atoms with Crippen LogP contribution in [-0.2, 0) is 4.74 Å². The highest BCUT2D eigenvalue weighted by Gasteiger charge is 2.24. The van der Waals surface area contributed by atoms with E-state index in [2.05, 4.69) is 29.1 Å². The van der Waals surface area contributed by atoms with Crippen molar-refractivity contribution in [1.82, 2.24) is 15.1 Å². The molecule has 2 heterocycles. The molecule has 1 N–H and O–H groups in total. The maximum absolute atomic E-state index is 5.81. The predicted molar refractivity (Wildman–Crippen MR) is 70.4 cm³/mol. The van der Waals surface area contributed by atoms with Crippen molar-refractivity contribution in [3.8, 4) is 0 Å². The van der Waals surface area contributed by atoms with Gasteiger partial charge in [-0.3, -0.25) is 4.90 Å². The number of nitrogens with one attached hydrogen (secondary N) is 1. The highest BCUT2D eigenvalue weighted by atomic mass is 16.5. The number of nitrogens with zero attached hydrogens (tertiary/aromatic N) is 2. The van der Waals surface area contributed by atoms with Gasteiger partial charge in [-0.25, -0.2) is 0 Å². The monoisotopic (exact) mass is 241 g/mol. The Morgan fingerprint density at radius 2 is 2.18 bits per heavy atom. The number of likely N-dealkylation sites (N-methyl/N-ethyl adjacent to an activating group) is 1. The number of morpholine rings is 1. The molecule has 0 aromatic carbocycles. The molecular formula is C13H27N3O. The van der Waals surface area contributed by atoms with Gasteiger partial charge in [0.25, 0.3) is 0 Å². The Hall–Kier alpha value is -0.160. The van der Waals surface area contributed by atoms with Crippen LogP contribution in [0.15, 0.2) is 0 Å². The van der Waals surface area contributed by atoms with Crippen LogP contribution in [0, 0.1) is 0 Å². The molecule has 0 amide bonds. The van der Waals surface area contributed by atoms with E-state index >= 15 is 0 Å². The molecule has 2 fully saturated rings. The van der Waals surface area contributed by atoms with E-state index in [0.717, 1.165) is 26.2 Å². The third kappa shape index (κ3) is 3.91. The third-order valence-corrected chi connectivity index (χ3v) is 4.16. The van der Waals surface area contributed by atoms with Crippen LogP contribution in [0.3, 0.4) is 0 Å². The molecule has 2 aliphatic rings. The van der Waals surface area contributed by atoms with Gasteiger partial charge in [0.05, 0.1) is 12.7 Å². The van der Waals surface area contributed by atoms with E-state index in [1.54, 1.807) is 0 Å². The highest BCUT2D eigenvalue weighted by Crippen LogP contribution is 2.10. The van der Waals surface area contributed by atoms with Gasteiger partial charge in [-0.1, -0.05) is 0 Å². The van der Waals surface area contributed by atoms with Crippen molar-refractivity contribution in [2.45, 2.75) is 31.9 Å². The van der Waals surface area contributed by atoms with Crippen LogP contribution in [0.5, 0.6) is 0 Å². The Labute approximate surface area is 105 Å². The maximum Gasteiger partial charge on any atom is 0.0852 e. The number of hydrogen-bond acceptors (Lipinski definition) is 4. The lowest BCUT2D eigenvalue weighted by atomic mass is 10.1. The molecule has 0 spiro atoms. The molecule has 0 aromatic heterocycles. The van der Waals surface area contributed by atoms with E-state index < -0.39 is 0 Å². The summed E-state index contributed by atoms with van der Waals surface area (Å²) < 4.78 is 5.81. The van der Waals surface area contributed by atoms with Crippen LogP contribution in [0.25, 0.3) is 0 Å². The molecule has 2 atom stereocenters. The Kier molecular flexibility index (Phi) is 5.22. The number of hydrogen-bond donors (Lipinski definition) is 1. The van der Waals surface area contributed by atoms with Crippen LogP contribution < -0.4 is 5.32 Å². The molecule has 17 heavy (non-hydrogen) atoms. The van der Waals surface area contributed by atoms with E-state index in [4.69, 9.17) is 4.74 Å². The van der Waals surface area contributed by atoms with Gasteiger partial charge in [0.1, 0.15) is 0 Å². The van der Waals surface area contributed by atoms with Gasteiger partial charge in [0.2, 0.25) is 0 Å². The second-order valence-corrected chi connectivity index (χ2v) is 5.38. The molecule has 0 radical (unpaired) electrons. The van der Waals surface area contributed by atoms with Crippen LogP contribution in [0.2, 0.25) is 0 Å². The van der Waals surface area contributed by atoms with Crippen molar-refractivity contribution in [1.29, 1.82) is 0 Å². The van der Waals surface area contributed by atoms with E-state index in [-0.39, 0.29) is 0 Å². The normalized spacial score (nSPS) is 28.8. The maximum atomic E-state index is 5.81. The fraction of sp³-hybridized carbons (Fsp3) is 1.00. The van der Waals surface area contributed by atoms with Gasteiger partial charge < -0.3 is 15.0 Å². The van der Waals surface area contributed by atoms with E-state index in [1.165, 1.54) is 32.5 Å². The fourth-order valence-electron chi connectivity index (χ4n) is 2.69. The van der Waals surface area contributed by atoms with E-state index in [9.17, 15) is 0 Å². The average molecular weight is 241 g/mol. The molecule has 0 aliphatic carbocycles. The minimum atomic E-state index is 0.354. The molecular weight excluding hydrogens is 214 g/mol. The summed E-state index contributed by atoms with van der Waals surface area (Å²) in [6.07, 6.45) is 3.12. The fourth-order valence-corrected chi connectivity index (χ4v) is 2.69. The first-order valence-corrected chi connectivity index (χ1v) is 7.02. The quantitative estimate of drug-likeness (QED) is 0.754. The lowest BCUT2D eigenvalue weighted by Gasteiger charge is -2.35. The molecule has 2 saturated heterocycles. The minimum Gasteiger partial charge on any atom is -0.374 e. The second-order valence-electron chi connectivity index (χ2n) is 5.38.